The van der Waals surface area contributed by atoms with Gasteiger partial charge in [0.15, 0.2) is 0 Å². The van der Waals surface area contributed by atoms with Crippen molar-refractivity contribution in [2.24, 2.45) is 0 Å². The molecular formula is C14H17ClF3NO. The summed E-state index contributed by atoms with van der Waals surface area (Å²) in [5.41, 5.74) is -0.0106. The van der Waals surface area contributed by atoms with E-state index in [1.54, 1.807) is 7.05 Å². The van der Waals surface area contributed by atoms with E-state index in [0.717, 1.165) is 25.0 Å². The molecule has 0 N–H and O–H groups in total. The summed E-state index contributed by atoms with van der Waals surface area (Å²) in [6.45, 7) is 0.303. The fraction of sp³-hybridized carbons (Fsp3) is 0.500. The van der Waals surface area contributed by atoms with Crippen molar-refractivity contribution < 1.29 is 18.0 Å². The van der Waals surface area contributed by atoms with Crippen molar-refractivity contribution in [1.29, 1.82) is 0 Å². The molecule has 1 amide bonds. The third-order valence-electron chi connectivity index (χ3n) is 2.90. The molecule has 6 heteroatoms. The molecule has 0 fully saturated rings. The largest absolute Gasteiger partial charge is 0.416 e. The Morgan fingerprint density at radius 1 is 1.20 bits per heavy atom. The zero-order valence-electron chi connectivity index (χ0n) is 11.2. The topological polar surface area (TPSA) is 20.3 Å². The van der Waals surface area contributed by atoms with Crippen LogP contribution in [0.1, 0.15) is 30.4 Å². The van der Waals surface area contributed by atoms with Crippen LogP contribution in [0.2, 0.25) is 0 Å². The minimum absolute atomic E-state index is 0.0324. The summed E-state index contributed by atoms with van der Waals surface area (Å²) in [6, 6.07) is 4.85. The molecule has 112 valence electrons. The number of nitrogens with zero attached hydrogens (tertiary/aromatic N) is 1. The molecule has 20 heavy (non-hydrogen) atoms. The van der Waals surface area contributed by atoms with E-state index >= 15 is 0 Å². The highest BCUT2D eigenvalue weighted by atomic mass is 35.5. The zero-order valence-corrected chi connectivity index (χ0v) is 12.0. The summed E-state index contributed by atoms with van der Waals surface area (Å²) in [7, 11) is 1.64. The summed E-state index contributed by atoms with van der Waals surface area (Å²) in [5, 5.41) is 0. The molecule has 0 atom stereocenters. The number of unbranched alkanes of at least 4 members (excludes halogenated alkanes) is 1. The second-order valence-corrected chi connectivity index (χ2v) is 4.97. The number of benzene rings is 1. The highest BCUT2D eigenvalue weighted by Gasteiger charge is 2.29. The van der Waals surface area contributed by atoms with Crippen molar-refractivity contribution >= 4 is 17.5 Å². The standard InChI is InChI=1S/C14H17ClF3NO/c1-19(13(20)4-2-3-9-15)10-11-5-7-12(8-6-11)14(16,17)18/h5-8H,2-4,9-10H2,1H3. The highest BCUT2D eigenvalue weighted by Crippen LogP contribution is 2.29. The summed E-state index contributed by atoms with van der Waals surface area (Å²) in [4.78, 5) is 13.3. The summed E-state index contributed by atoms with van der Waals surface area (Å²) < 4.78 is 37.2. The number of alkyl halides is 4. The molecule has 0 aromatic heterocycles. The van der Waals surface area contributed by atoms with E-state index in [1.165, 1.54) is 17.0 Å². The summed E-state index contributed by atoms with van der Waals surface area (Å²) >= 11 is 5.53. The molecule has 0 saturated heterocycles. The van der Waals surface area contributed by atoms with Gasteiger partial charge in [0.1, 0.15) is 0 Å². The second kappa shape index (κ2) is 7.53. The monoisotopic (exact) mass is 307 g/mol. The molecule has 0 heterocycles. The van der Waals surface area contributed by atoms with Gasteiger partial charge >= 0.3 is 6.18 Å². The molecule has 0 aliphatic carbocycles. The average molecular weight is 308 g/mol. The minimum atomic E-state index is -4.33. The second-order valence-electron chi connectivity index (χ2n) is 4.59. The highest BCUT2D eigenvalue weighted by molar-refractivity contribution is 6.17. The molecule has 0 unspecified atom stereocenters. The Morgan fingerprint density at radius 3 is 2.30 bits per heavy atom. The lowest BCUT2D eigenvalue weighted by Gasteiger charge is -2.17. The third-order valence-corrected chi connectivity index (χ3v) is 3.17. The molecule has 1 rings (SSSR count). The molecular weight excluding hydrogens is 291 g/mol. The number of hydrogen-bond acceptors (Lipinski definition) is 1. The van der Waals surface area contributed by atoms with Crippen molar-refractivity contribution in [1.82, 2.24) is 4.90 Å². The minimum Gasteiger partial charge on any atom is -0.341 e. The first-order valence-corrected chi connectivity index (χ1v) is 6.84. The fourth-order valence-electron chi connectivity index (χ4n) is 1.72. The van der Waals surface area contributed by atoms with E-state index in [4.69, 9.17) is 11.6 Å². The number of carbonyl (C=O) groups excluding carboxylic acids is 1. The Labute approximate surface area is 121 Å². The van der Waals surface area contributed by atoms with Crippen LogP contribution in [0.3, 0.4) is 0 Å². The van der Waals surface area contributed by atoms with Crippen LogP contribution < -0.4 is 0 Å². The fourth-order valence-corrected chi connectivity index (χ4v) is 1.91. The lowest BCUT2D eigenvalue weighted by atomic mass is 10.1. The Kier molecular flexibility index (Phi) is 6.33. The quantitative estimate of drug-likeness (QED) is 0.573. The van der Waals surface area contributed by atoms with Crippen LogP contribution >= 0.6 is 11.6 Å². The van der Waals surface area contributed by atoms with E-state index in [9.17, 15) is 18.0 Å². The first-order valence-electron chi connectivity index (χ1n) is 6.30. The molecule has 0 saturated carbocycles. The predicted molar refractivity (Wildman–Crippen MR) is 72.5 cm³/mol. The van der Waals surface area contributed by atoms with Gasteiger partial charge in [0.05, 0.1) is 5.56 Å². The zero-order chi connectivity index (χ0) is 15.2. The molecule has 0 radical (unpaired) electrons. The lowest BCUT2D eigenvalue weighted by molar-refractivity contribution is -0.137. The predicted octanol–water partition coefficient (Wildman–Crippen LogP) is 4.07. The molecule has 0 aliphatic rings. The van der Waals surface area contributed by atoms with E-state index < -0.39 is 11.7 Å². The number of rotatable bonds is 6. The van der Waals surface area contributed by atoms with Crippen LogP contribution in [0.15, 0.2) is 24.3 Å². The number of hydrogen-bond donors (Lipinski definition) is 0. The SMILES string of the molecule is CN(Cc1ccc(C(F)(F)F)cc1)C(=O)CCCCCl. The molecule has 0 bridgehead atoms. The van der Waals surface area contributed by atoms with E-state index in [2.05, 4.69) is 0 Å². The summed E-state index contributed by atoms with van der Waals surface area (Å²) in [6.07, 6.45) is -2.42. The van der Waals surface area contributed by atoms with Crippen LogP contribution in [0.25, 0.3) is 0 Å². The van der Waals surface area contributed by atoms with Gasteiger partial charge in [0, 0.05) is 25.9 Å². The van der Waals surface area contributed by atoms with Gasteiger partial charge in [-0.05, 0) is 30.5 Å². The molecule has 1 aromatic carbocycles. The van der Waals surface area contributed by atoms with Gasteiger partial charge in [-0.1, -0.05) is 12.1 Å². The maximum absolute atomic E-state index is 12.4. The van der Waals surface area contributed by atoms with Crippen molar-refractivity contribution in [3.63, 3.8) is 0 Å². The van der Waals surface area contributed by atoms with Gasteiger partial charge in [-0.15, -0.1) is 11.6 Å². The van der Waals surface area contributed by atoms with Crippen molar-refractivity contribution in [3.05, 3.63) is 35.4 Å². The smallest absolute Gasteiger partial charge is 0.341 e. The Morgan fingerprint density at radius 2 is 1.80 bits per heavy atom. The van der Waals surface area contributed by atoms with Crippen LogP contribution in [0.5, 0.6) is 0 Å². The van der Waals surface area contributed by atoms with E-state index in [1.807, 2.05) is 0 Å². The first kappa shape index (κ1) is 16.8. The Bertz CT molecular complexity index is 431. The summed E-state index contributed by atoms with van der Waals surface area (Å²) in [5.74, 6) is 0.491. The van der Waals surface area contributed by atoms with Crippen LogP contribution in [-0.4, -0.2) is 23.7 Å². The van der Waals surface area contributed by atoms with Gasteiger partial charge in [-0.25, -0.2) is 0 Å². The maximum Gasteiger partial charge on any atom is 0.416 e. The Balaban J connectivity index is 2.53. The Hall–Kier alpha value is -1.23. The van der Waals surface area contributed by atoms with Crippen molar-refractivity contribution in [3.8, 4) is 0 Å². The van der Waals surface area contributed by atoms with Gasteiger partial charge in [-0.3, -0.25) is 4.79 Å². The number of amides is 1. The van der Waals surface area contributed by atoms with Crippen LogP contribution in [0.4, 0.5) is 13.2 Å². The van der Waals surface area contributed by atoms with Gasteiger partial charge < -0.3 is 4.90 Å². The van der Waals surface area contributed by atoms with Gasteiger partial charge in [-0.2, -0.15) is 13.2 Å². The van der Waals surface area contributed by atoms with Gasteiger partial charge in [0.25, 0.3) is 0 Å². The molecule has 0 aliphatic heterocycles. The van der Waals surface area contributed by atoms with E-state index in [-0.39, 0.29) is 5.91 Å². The number of carbonyl (C=O) groups is 1. The van der Waals surface area contributed by atoms with Crippen molar-refractivity contribution in [2.75, 3.05) is 12.9 Å². The molecule has 1 aromatic rings. The van der Waals surface area contributed by atoms with Gasteiger partial charge in [0.2, 0.25) is 5.91 Å². The normalized spacial score (nSPS) is 11.4. The first-order chi connectivity index (χ1) is 9.34. The third kappa shape index (κ3) is 5.41. The maximum atomic E-state index is 12.4. The lowest BCUT2D eigenvalue weighted by Crippen LogP contribution is -2.25. The number of halogens is 4. The van der Waals surface area contributed by atoms with Crippen LogP contribution in [-0.2, 0) is 17.5 Å². The van der Waals surface area contributed by atoms with Crippen LogP contribution in [0, 0.1) is 0 Å². The van der Waals surface area contributed by atoms with E-state index in [0.29, 0.717) is 24.4 Å². The molecule has 2 nitrogen and oxygen atoms in total. The van der Waals surface area contributed by atoms with Crippen molar-refractivity contribution in [2.45, 2.75) is 32.0 Å². The average Bonchev–Trinajstić information content (AvgIpc) is 2.38. The molecule has 0 spiro atoms.